The molecule has 0 saturated heterocycles. The summed E-state index contributed by atoms with van der Waals surface area (Å²) in [6.45, 7) is 2.17. The molecule has 0 unspecified atom stereocenters. The SMILES string of the molecule is Cc1cc(C(=O)NCCC(=O)NC2CCCC2)n[nH]1. The molecule has 0 bridgehead atoms. The molecule has 1 fully saturated rings. The molecule has 3 N–H and O–H groups in total. The van der Waals surface area contributed by atoms with Gasteiger partial charge in [-0.2, -0.15) is 5.10 Å². The zero-order chi connectivity index (χ0) is 13.7. The molecule has 0 aliphatic heterocycles. The van der Waals surface area contributed by atoms with Crippen LogP contribution in [0.15, 0.2) is 6.07 Å². The van der Waals surface area contributed by atoms with Crippen LogP contribution in [0.1, 0.15) is 48.3 Å². The van der Waals surface area contributed by atoms with Gasteiger partial charge in [-0.25, -0.2) is 0 Å². The second-order valence-corrected chi connectivity index (χ2v) is 4.99. The summed E-state index contributed by atoms with van der Waals surface area (Å²) in [5.41, 5.74) is 1.19. The molecular formula is C13H20N4O2. The Morgan fingerprint density at radius 2 is 2.16 bits per heavy atom. The van der Waals surface area contributed by atoms with E-state index in [2.05, 4.69) is 20.8 Å². The summed E-state index contributed by atoms with van der Waals surface area (Å²) in [7, 11) is 0. The smallest absolute Gasteiger partial charge is 0.271 e. The Bertz CT molecular complexity index is 449. The summed E-state index contributed by atoms with van der Waals surface area (Å²) in [6, 6.07) is 2.01. The van der Waals surface area contributed by atoms with Gasteiger partial charge in [-0.15, -0.1) is 0 Å². The van der Waals surface area contributed by atoms with E-state index in [0.29, 0.717) is 24.7 Å². The number of nitrogens with zero attached hydrogens (tertiary/aromatic N) is 1. The van der Waals surface area contributed by atoms with Crippen molar-refractivity contribution in [2.24, 2.45) is 0 Å². The number of aromatic amines is 1. The third-order valence-electron chi connectivity index (χ3n) is 3.30. The van der Waals surface area contributed by atoms with Gasteiger partial charge in [-0.1, -0.05) is 12.8 Å². The van der Waals surface area contributed by atoms with Crippen LogP contribution in [-0.2, 0) is 4.79 Å². The third kappa shape index (κ3) is 4.08. The van der Waals surface area contributed by atoms with Gasteiger partial charge in [0.15, 0.2) is 0 Å². The highest BCUT2D eigenvalue weighted by Gasteiger charge is 2.17. The molecule has 0 aromatic carbocycles. The summed E-state index contributed by atoms with van der Waals surface area (Å²) in [5.74, 6) is -0.247. The molecule has 1 saturated carbocycles. The first-order valence-corrected chi connectivity index (χ1v) is 6.75. The lowest BCUT2D eigenvalue weighted by molar-refractivity contribution is -0.121. The molecule has 0 radical (unpaired) electrons. The van der Waals surface area contributed by atoms with Gasteiger partial charge in [0.05, 0.1) is 0 Å². The molecule has 1 aliphatic carbocycles. The van der Waals surface area contributed by atoms with Crippen molar-refractivity contribution in [3.63, 3.8) is 0 Å². The molecule has 2 amide bonds. The predicted molar refractivity (Wildman–Crippen MR) is 70.7 cm³/mol. The van der Waals surface area contributed by atoms with Crippen molar-refractivity contribution in [3.05, 3.63) is 17.5 Å². The molecule has 6 nitrogen and oxygen atoms in total. The van der Waals surface area contributed by atoms with E-state index >= 15 is 0 Å². The fraction of sp³-hybridized carbons (Fsp3) is 0.615. The van der Waals surface area contributed by atoms with Crippen molar-refractivity contribution in [2.45, 2.75) is 45.1 Å². The van der Waals surface area contributed by atoms with Gasteiger partial charge in [0, 0.05) is 24.7 Å². The van der Waals surface area contributed by atoms with Crippen molar-refractivity contribution in [2.75, 3.05) is 6.54 Å². The number of hydrogen-bond donors (Lipinski definition) is 3. The van der Waals surface area contributed by atoms with Gasteiger partial charge in [-0.3, -0.25) is 14.7 Å². The minimum absolute atomic E-state index is 0.00501. The Morgan fingerprint density at radius 1 is 1.42 bits per heavy atom. The second kappa shape index (κ2) is 6.36. The number of aromatic nitrogens is 2. The van der Waals surface area contributed by atoms with E-state index in [1.54, 1.807) is 6.07 Å². The van der Waals surface area contributed by atoms with Crippen LogP contribution in [0.25, 0.3) is 0 Å². The summed E-state index contributed by atoms with van der Waals surface area (Å²) < 4.78 is 0. The van der Waals surface area contributed by atoms with Crippen LogP contribution in [0.3, 0.4) is 0 Å². The van der Waals surface area contributed by atoms with Crippen molar-refractivity contribution in [1.82, 2.24) is 20.8 Å². The monoisotopic (exact) mass is 264 g/mol. The average molecular weight is 264 g/mol. The largest absolute Gasteiger partial charge is 0.353 e. The van der Waals surface area contributed by atoms with E-state index < -0.39 is 0 Å². The minimum atomic E-state index is -0.252. The molecule has 1 aliphatic rings. The van der Waals surface area contributed by atoms with Gasteiger partial charge >= 0.3 is 0 Å². The van der Waals surface area contributed by atoms with Gasteiger partial charge in [0.25, 0.3) is 5.91 Å². The normalized spacial score (nSPS) is 15.4. The maximum Gasteiger partial charge on any atom is 0.271 e. The lowest BCUT2D eigenvalue weighted by atomic mass is 10.2. The van der Waals surface area contributed by atoms with E-state index in [4.69, 9.17) is 0 Å². The third-order valence-corrected chi connectivity index (χ3v) is 3.30. The Morgan fingerprint density at radius 3 is 2.79 bits per heavy atom. The number of amides is 2. The number of carbonyl (C=O) groups is 2. The van der Waals surface area contributed by atoms with Crippen LogP contribution < -0.4 is 10.6 Å². The lowest BCUT2D eigenvalue weighted by Crippen LogP contribution is -2.35. The number of H-pyrrole nitrogens is 1. The molecule has 1 aromatic heterocycles. The van der Waals surface area contributed by atoms with Crippen LogP contribution in [0.5, 0.6) is 0 Å². The molecule has 2 rings (SSSR count). The number of rotatable bonds is 5. The van der Waals surface area contributed by atoms with E-state index in [9.17, 15) is 9.59 Å². The van der Waals surface area contributed by atoms with Crippen LogP contribution in [-0.4, -0.2) is 34.6 Å². The molecule has 1 aromatic rings. The molecule has 0 spiro atoms. The van der Waals surface area contributed by atoms with Crippen LogP contribution in [0.4, 0.5) is 0 Å². The quantitative estimate of drug-likeness (QED) is 0.738. The van der Waals surface area contributed by atoms with Crippen molar-refractivity contribution < 1.29 is 9.59 Å². The van der Waals surface area contributed by atoms with Crippen molar-refractivity contribution in [3.8, 4) is 0 Å². The molecule has 0 atom stereocenters. The summed E-state index contributed by atoms with van der Waals surface area (Å²) >= 11 is 0. The predicted octanol–water partition coefficient (Wildman–Crippen LogP) is 0.897. The van der Waals surface area contributed by atoms with Gasteiger partial charge in [0.1, 0.15) is 5.69 Å². The molecule has 6 heteroatoms. The first-order chi connectivity index (χ1) is 9.15. The van der Waals surface area contributed by atoms with E-state index in [1.165, 1.54) is 12.8 Å². The number of nitrogens with one attached hydrogen (secondary N) is 3. The maximum atomic E-state index is 11.7. The first kappa shape index (κ1) is 13.6. The number of hydrogen-bond acceptors (Lipinski definition) is 3. The highest BCUT2D eigenvalue weighted by atomic mass is 16.2. The molecule has 1 heterocycles. The summed E-state index contributed by atoms with van der Waals surface area (Å²) in [5, 5.41) is 12.2. The zero-order valence-electron chi connectivity index (χ0n) is 11.2. The van der Waals surface area contributed by atoms with Crippen LogP contribution >= 0.6 is 0 Å². The minimum Gasteiger partial charge on any atom is -0.353 e. The fourth-order valence-electron chi connectivity index (χ4n) is 2.28. The van der Waals surface area contributed by atoms with Crippen molar-refractivity contribution >= 4 is 11.8 Å². The van der Waals surface area contributed by atoms with Gasteiger partial charge in [0.2, 0.25) is 5.91 Å². The highest BCUT2D eigenvalue weighted by Crippen LogP contribution is 2.17. The van der Waals surface area contributed by atoms with Crippen LogP contribution in [0, 0.1) is 6.92 Å². The van der Waals surface area contributed by atoms with Crippen LogP contribution in [0.2, 0.25) is 0 Å². The number of carbonyl (C=O) groups excluding carboxylic acids is 2. The highest BCUT2D eigenvalue weighted by molar-refractivity contribution is 5.92. The number of aryl methyl sites for hydroxylation is 1. The molecular weight excluding hydrogens is 244 g/mol. The van der Waals surface area contributed by atoms with Gasteiger partial charge in [-0.05, 0) is 25.8 Å². The first-order valence-electron chi connectivity index (χ1n) is 6.75. The molecule has 19 heavy (non-hydrogen) atoms. The van der Waals surface area contributed by atoms with E-state index in [0.717, 1.165) is 18.5 Å². The fourth-order valence-corrected chi connectivity index (χ4v) is 2.28. The lowest BCUT2D eigenvalue weighted by Gasteiger charge is -2.11. The van der Waals surface area contributed by atoms with Crippen molar-refractivity contribution in [1.29, 1.82) is 0 Å². The zero-order valence-corrected chi connectivity index (χ0v) is 11.2. The molecule has 104 valence electrons. The Labute approximate surface area is 112 Å². The maximum absolute atomic E-state index is 11.7. The standard InChI is InChI=1S/C13H20N4O2/c1-9-8-11(17-16-9)13(19)14-7-6-12(18)15-10-4-2-3-5-10/h8,10H,2-7H2,1H3,(H,14,19)(H,15,18)(H,16,17). The summed E-state index contributed by atoms with van der Waals surface area (Å²) in [6.07, 6.45) is 4.85. The Kier molecular flexibility index (Phi) is 4.54. The average Bonchev–Trinajstić information content (AvgIpc) is 3.00. The summed E-state index contributed by atoms with van der Waals surface area (Å²) in [4.78, 5) is 23.3. The van der Waals surface area contributed by atoms with E-state index in [-0.39, 0.29) is 11.8 Å². The topological polar surface area (TPSA) is 86.9 Å². The Hall–Kier alpha value is -1.85. The second-order valence-electron chi connectivity index (χ2n) is 4.99. The van der Waals surface area contributed by atoms with E-state index in [1.807, 2.05) is 6.92 Å². The van der Waals surface area contributed by atoms with Gasteiger partial charge < -0.3 is 10.6 Å². The Balaban J connectivity index is 1.65.